The number of rotatable bonds is 10. The van der Waals surface area contributed by atoms with Crippen molar-refractivity contribution in [1.29, 1.82) is 0 Å². The monoisotopic (exact) mass is 288 g/mol. The average Bonchev–Trinajstić information content (AvgIpc) is 2.38. The van der Waals surface area contributed by atoms with Crippen LogP contribution < -0.4 is 10.6 Å². The van der Waals surface area contributed by atoms with E-state index in [1.54, 1.807) is 0 Å². The zero-order valence-electron chi connectivity index (χ0n) is 12.9. The van der Waals surface area contributed by atoms with Crippen LogP contribution in [0.1, 0.15) is 47.0 Å². The van der Waals surface area contributed by atoms with Gasteiger partial charge < -0.3 is 20.5 Å². The molecule has 0 aromatic carbocycles. The fourth-order valence-electron chi connectivity index (χ4n) is 1.68. The van der Waals surface area contributed by atoms with Crippen LogP contribution in [0.25, 0.3) is 0 Å². The number of carboxylic acid groups (broad SMARTS) is 1. The molecule has 2 amide bonds. The van der Waals surface area contributed by atoms with E-state index in [4.69, 9.17) is 9.84 Å². The summed E-state index contributed by atoms with van der Waals surface area (Å²) in [6, 6.07) is -1.42. The van der Waals surface area contributed by atoms with Gasteiger partial charge in [-0.1, -0.05) is 33.6 Å². The molecule has 1 unspecified atom stereocenters. The van der Waals surface area contributed by atoms with E-state index in [1.807, 2.05) is 27.7 Å². The number of amides is 2. The van der Waals surface area contributed by atoms with Gasteiger partial charge in [0.05, 0.1) is 12.6 Å². The van der Waals surface area contributed by atoms with Crippen molar-refractivity contribution in [3.05, 3.63) is 0 Å². The maximum Gasteiger partial charge on any atom is 0.326 e. The summed E-state index contributed by atoms with van der Waals surface area (Å²) in [5, 5.41) is 14.3. The Labute approximate surface area is 121 Å². The van der Waals surface area contributed by atoms with E-state index >= 15 is 0 Å². The van der Waals surface area contributed by atoms with Crippen molar-refractivity contribution in [3.63, 3.8) is 0 Å². The number of carbonyl (C=O) groups excluding carboxylic acids is 1. The van der Waals surface area contributed by atoms with E-state index in [-0.39, 0.29) is 12.0 Å². The van der Waals surface area contributed by atoms with Crippen LogP contribution in [0.3, 0.4) is 0 Å². The zero-order valence-corrected chi connectivity index (χ0v) is 12.9. The normalized spacial score (nSPS) is 13.8. The number of unbranched alkanes of at least 4 members (excludes halogenated alkanes) is 1. The summed E-state index contributed by atoms with van der Waals surface area (Å²) in [5.41, 5.74) is 0. The van der Waals surface area contributed by atoms with E-state index in [2.05, 4.69) is 10.6 Å². The molecule has 6 nitrogen and oxygen atoms in total. The Morgan fingerprint density at radius 2 is 1.85 bits per heavy atom. The minimum atomic E-state index is -1.00. The van der Waals surface area contributed by atoms with Gasteiger partial charge in [0.25, 0.3) is 0 Å². The first-order chi connectivity index (χ1) is 9.42. The van der Waals surface area contributed by atoms with E-state index in [0.29, 0.717) is 19.6 Å². The number of hydrogen-bond acceptors (Lipinski definition) is 3. The van der Waals surface area contributed by atoms with Gasteiger partial charge in [0.15, 0.2) is 0 Å². The smallest absolute Gasteiger partial charge is 0.326 e. The van der Waals surface area contributed by atoms with Crippen LogP contribution in [-0.4, -0.2) is 42.4 Å². The van der Waals surface area contributed by atoms with Crippen LogP contribution in [0.4, 0.5) is 4.79 Å². The Balaban J connectivity index is 4.36. The number of ether oxygens (including phenoxy) is 1. The van der Waals surface area contributed by atoms with Crippen molar-refractivity contribution in [1.82, 2.24) is 10.6 Å². The van der Waals surface area contributed by atoms with Crippen molar-refractivity contribution in [3.8, 4) is 0 Å². The zero-order chi connectivity index (χ0) is 15.5. The summed E-state index contributed by atoms with van der Waals surface area (Å²) in [7, 11) is 0. The molecule has 0 spiro atoms. The molecule has 0 bridgehead atoms. The highest BCUT2D eigenvalue weighted by Crippen LogP contribution is 2.04. The molecule has 2 atom stereocenters. The Kier molecular flexibility index (Phi) is 9.80. The minimum Gasteiger partial charge on any atom is -0.480 e. The number of urea groups is 1. The van der Waals surface area contributed by atoms with Crippen LogP contribution in [0, 0.1) is 5.92 Å². The molecule has 0 aromatic rings. The highest BCUT2D eigenvalue weighted by atomic mass is 16.5. The van der Waals surface area contributed by atoms with Gasteiger partial charge in [-0.3, -0.25) is 0 Å². The Bertz CT molecular complexity index is 295. The van der Waals surface area contributed by atoms with Gasteiger partial charge in [0.2, 0.25) is 0 Å². The quantitative estimate of drug-likeness (QED) is 0.573. The molecule has 0 saturated carbocycles. The van der Waals surface area contributed by atoms with Crippen molar-refractivity contribution in [2.24, 2.45) is 5.92 Å². The fraction of sp³-hybridized carbons (Fsp3) is 0.857. The lowest BCUT2D eigenvalue weighted by atomic mass is 10.1. The second-order valence-electron chi connectivity index (χ2n) is 5.16. The van der Waals surface area contributed by atoms with Gasteiger partial charge >= 0.3 is 12.0 Å². The number of hydrogen-bond donors (Lipinski definition) is 3. The lowest BCUT2D eigenvalue weighted by Crippen LogP contribution is -2.51. The molecule has 0 heterocycles. The molecule has 0 radical (unpaired) electrons. The third-order valence-corrected chi connectivity index (χ3v) is 3.07. The summed E-state index contributed by atoms with van der Waals surface area (Å²) < 4.78 is 5.32. The molecule has 0 aliphatic heterocycles. The van der Waals surface area contributed by atoms with Crippen LogP contribution in [0.5, 0.6) is 0 Å². The average molecular weight is 288 g/mol. The Morgan fingerprint density at radius 1 is 1.20 bits per heavy atom. The minimum absolute atomic E-state index is 0.129. The van der Waals surface area contributed by atoms with Crippen LogP contribution >= 0.6 is 0 Å². The molecular formula is C14H28N2O4. The van der Waals surface area contributed by atoms with Gasteiger partial charge in [-0.25, -0.2) is 9.59 Å². The standard InChI is InChI=1S/C14H28N2O4/c1-5-7-8-11(13(17)18)15-14(19)16-12(10(3)4)9-20-6-2/h10-12H,5-9H2,1-4H3,(H,17,18)(H2,15,16,19)/t11-,12?/m0/s1. The van der Waals surface area contributed by atoms with Crippen molar-refractivity contribution < 1.29 is 19.4 Å². The van der Waals surface area contributed by atoms with E-state index in [9.17, 15) is 9.59 Å². The molecule has 3 N–H and O–H groups in total. The van der Waals surface area contributed by atoms with Crippen molar-refractivity contribution in [2.45, 2.75) is 59.0 Å². The molecule has 20 heavy (non-hydrogen) atoms. The van der Waals surface area contributed by atoms with Gasteiger partial charge in [-0.05, 0) is 19.3 Å². The molecule has 0 saturated heterocycles. The predicted octanol–water partition coefficient (Wildman–Crippen LogP) is 1.99. The van der Waals surface area contributed by atoms with Gasteiger partial charge in [0, 0.05) is 6.61 Å². The third kappa shape index (κ3) is 7.99. The molecule has 0 aromatic heterocycles. The van der Waals surface area contributed by atoms with Crippen LogP contribution in [0.15, 0.2) is 0 Å². The first kappa shape index (κ1) is 18.7. The number of nitrogens with one attached hydrogen (secondary N) is 2. The molecule has 0 aliphatic carbocycles. The molecule has 0 rings (SSSR count). The summed E-state index contributed by atoms with van der Waals surface area (Å²) in [6.07, 6.45) is 2.10. The van der Waals surface area contributed by atoms with E-state index in [1.165, 1.54) is 0 Å². The molecule has 0 aliphatic rings. The van der Waals surface area contributed by atoms with Gasteiger partial charge in [0.1, 0.15) is 6.04 Å². The second-order valence-corrected chi connectivity index (χ2v) is 5.16. The highest BCUT2D eigenvalue weighted by Gasteiger charge is 2.22. The summed E-state index contributed by atoms with van der Waals surface area (Å²) in [6.45, 7) is 8.85. The summed E-state index contributed by atoms with van der Waals surface area (Å²) >= 11 is 0. The maximum absolute atomic E-state index is 11.9. The third-order valence-electron chi connectivity index (χ3n) is 3.07. The molecule has 0 fully saturated rings. The first-order valence-electron chi connectivity index (χ1n) is 7.29. The lowest BCUT2D eigenvalue weighted by molar-refractivity contribution is -0.139. The topological polar surface area (TPSA) is 87.7 Å². The Morgan fingerprint density at radius 3 is 2.30 bits per heavy atom. The highest BCUT2D eigenvalue weighted by molar-refractivity contribution is 5.82. The SMILES string of the molecule is CCCC[C@H](NC(=O)NC(COCC)C(C)C)C(=O)O. The lowest BCUT2D eigenvalue weighted by Gasteiger charge is -2.23. The number of carboxylic acids is 1. The first-order valence-corrected chi connectivity index (χ1v) is 7.29. The van der Waals surface area contributed by atoms with E-state index in [0.717, 1.165) is 12.8 Å². The van der Waals surface area contributed by atoms with E-state index < -0.39 is 18.0 Å². The van der Waals surface area contributed by atoms with Gasteiger partial charge in [-0.2, -0.15) is 0 Å². The number of carbonyl (C=O) groups is 2. The van der Waals surface area contributed by atoms with Crippen molar-refractivity contribution >= 4 is 12.0 Å². The fourth-order valence-corrected chi connectivity index (χ4v) is 1.68. The summed E-state index contributed by atoms with van der Waals surface area (Å²) in [5.74, 6) is -0.786. The number of aliphatic carboxylic acids is 1. The van der Waals surface area contributed by atoms with Crippen LogP contribution in [0.2, 0.25) is 0 Å². The second kappa shape index (κ2) is 10.5. The van der Waals surface area contributed by atoms with Gasteiger partial charge in [-0.15, -0.1) is 0 Å². The molecular weight excluding hydrogens is 260 g/mol. The van der Waals surface area contributed by atoms with Crippen LogP contribution in [-0.2, 0) is 9.53 Å². The maximum atomic E-state index is 11.9. The molecule has 6 heteroatoms. The summed E-state index contributed by atoms with van der Waals surface area (Å²) in [4.78, 5) is 22.9. The predicted molar refractivity (Wildman–Crippen MR) is 77.7 cm³/mol. The Hall–Kier alpha value is -1.30. The van der Waals surface area contributed by atoms with Crippen molar-refractivity contribution in [2.75, 3.05) is 13.2 Å². The largest absolute Gasteiger partial charge is 0.480 e. The molecule has 118 valence electrons.